The quantitative estimate of drug-likeness (QED) is 0.635. The first-order valence-corrected chi connectivity index (χ1v) is 6.94. The van der Waals surface area contributed by atoms with Crippen molar-refractivity contribution < 1.29 is 0 Å². The number of likely N-dealkylation sites (tertiary alicyclic amines) is 1. The molecule has 3 N–H and O–H groups in total. The third kappa shape index (κ3) is 2.94. The number of hydrogen-bond acceptors (Lipinski definition) is 6. The molecule has 1 aromatic rings. The summed E-state index contributed by atoms with van der Waals surface area (Å²) >= 11 is 1.53. The number of anilines is 1. The van der Waals surface area contributed by atoms with Gasteiger partial charge in [-0.3, -0.25) is 10.3 Å². The van der Waals surface area contributed by atoms with Crippen molar-refractivity contribution in [1.82, 2.24) is 15.1 Å². The van der Waals surface area contributed by atoms with Gasteiger partial charge in [-0.05, 0) is 25.2 Å². The predicted octanol–water partition coefficient (Wildman–Crippen LogP) is 1.69. The molecule has 1 aliphatic rings. The highest BCUT2D eigenvalue weighted by atomic mass is 32.1. The number of nitrogens with two attached hydrogens (primary N) is 1. The van der Waals surface area contributed by atoms with Gasteiger partial charge >= 0.3 is 0 Å². The average Bonchev–Trinajstić information content (AvgIpc) is 2.73. The Labute approximate surface area is 106 Å². The second kappa shape index (κ2) is 5.29. The van der Waals surface area contributed by atoms with E-state index in [-0.39, 0.29) is 0 Å². The van der Waals surface area contributed by atoms with Crippen molar-refractivity contribution in [2.75, 3.05) is 12.0 Å². The van der Waals surface area contributed by atoms with Crippen LogP contribution in [0.3, 0.4) is 0 Å². The van der Waals surface area contributed by atoms with Crippen LogP contribution in [-0.4, -0.2) is 27.7 Å². The van der Waals surface area contributed by atoms with Crippen LogP contribution in [0, 0.1) is 11.8 Å². The summed E-state index contributed by atoms with van der Waals surface area (Å²) in [5.74, 6) is 6.83. The molecular weight excluding hydrogens is 234 g/mol. The van der Waals surface area contributed by atoms with Crippen LogP contribution in [0.25, 0.3) is 0 Å². The van der Waals surface area contributed by atoms with Gasteiger partial charge in [0.15, 0.2) is 0 Å². The zero-order chi connectivity index (χ0) is 12.4. The normalized spacial score (nSPS) is 30.5. The highest BCUT2D eigenvalue weighted by Gasteiger charge is 2.29. The van der Waals surface area contributed by atoms with Gasteiger partial charge in [-0.25, -0.2) is 5.84 Å². The zero-order valence-corrected chi connectivity index (χ0v) is 11.5. The minimum absolute atomic E-state index is 0.615. The van der Waals surface area contributed by atoms with Gasteiger partial charge in [-0.15, -0.1) is 10.2 Å². The SMILES string of the molecule is CC1CC(C)C(C)N(Cc2nnc(NN)s2)C1. The lowest BCUT2D eigenvalue weighted by Crippen LogP contribution is -2.45. The molecule has 2 heterocycles. The highest BCUT2D eigenvalue weighted by Crippen LogP contribution is 2.28. The maximum atomic E-state index is 5.31. The Bertz CT molecular complexity index is 366. The lowest BCUT2D eigenvalue weighted by Gasteiger charge is -2.40. The molecule has 0 radical (unpaired) electrons. The standard InChI is InChI=1S/C11H21N5S/c1-7-4-8(2)9(3)16(5-7)6-10-14-15-11(13-12)17-10/h7-9H,4-6,12H2,1-3H3,(H,13,15). The number of hydrazine groups is 1. The minimum Gasteiger partial charge on any atom is -0.298 e. The van der Waals surface area contributed by atoms with Crippen LogP contribution >= 0.6 is 11.3 Å². The van der Waals surface area contributed by atoms with Crippen molar-refractivity contribution in [1.29, 1.82) is 0 Å². The number of aromatic nitrogens is 2. The number of rotatable bonds is 3. The Morgan fingerprint density at radius 2 is 2.18 bits per heavy atom. The summed E-state index contributed by atoms with van der Waals surface area (Å²) in [5, 5.41) is 9.84. The first kappa shape index (κ1) is 12.7. The molecule has 17 heavy (non-hydrogen) atoms. The molecule has 1 aliphatic heterocycles. The molecule has 0 aliphatic carbocycles. The Hall–Kier alpha value is -0.720. The Kier molecular flexibility index (Phi) is 3.96. The van der Waals surface area contributed by atoms with Gasteiger partial charge in [0.05, 0.1) is 6.54 Å². The van der Waals surface area contributed by atoms with Gasteiger partial charge < -0.3 is 0 Å². The number of nitrogens with zero attached hydrogens (tertiary/aromatic N) is 3. The van der Waals surface area contributed by atoms with Crippen molar-refractivity contribution >= 4 is 16.5 Å². The number of piperidine rings is 1. The van der Waals surface area contributed by atoms with Gasteiger partial charge in [0.25, 0.3) is 0 Å². The number of hydrogen-bond donors (Lipinski definition) is 2. The minimum atomic E-state index is 0.615. The molecule has 0 amide bonds. The van der Waals surface area contributed by atoms with Gasteiger partial charge in [-0.1, -0.05) is 25.2 Å². The Morgan fingerprint density at radius 1 is 1.41 bits per heavy atom. The summed E-state index contributed by atoms with van der Waals surface area (Å²) in [6.45, 7) is 8.99. The summed E-state index contributed by atoms with van der Waals surface area (Å²) in [6, 6.07) is 0.615. The number of nitrogens with one attached hydrogen (secondary N) is 1. The van der Waals surface area contributed by atoms with E-state index in [9.17, 15) is 0 Å². The molecular formula is C11H21N5S. The van der Waals surface area contributed by atoms with Crippen molar-refractivity contribution in [2.24, 2.45) is 17.7 Å². The van der Waals surface area contributed by atoms with E-state index in [4.69, 9.17) is 5.84 Å². The molecule has 1 saturated heterocycles. The first-order valence-electron chi connectivity index (χ1n) is 6.13. The molecule has 0 bridgehead atoms. The maximum absolute atomic E-state index is 5.31. The van der Waals surface area contributed by atoms with Gasteiger partial charge in [0, 0.05) is 12.6 Å². The van der Waals surface area contributed by atoms with Gasteiger partial charge in [0.1, 0.15) is 5.01 Å². The molecule has 3 atom stereocenters. The topological polar surface area (TPSA) is 67.1 Å². The molecule has 1 fully saturated rings. The fourth-order valence-corrected chi connectivity index (χ4v) is 3.27. The summed E-state index contributed by atoms with van der Waals surface area (Å²) in [7, 11) is 0. The van der Waals surface area contributed by atoms with Crippen LogP contribution in [0.2, 0.25) is 0 Å². The Balaban J connectivity index is 2.01. The summed E-state index contributed by atoms with van der Waals surface area (Å²) < 4.78 is 0. The monoisotopic (exact) mass is 255 g/mol. The van der Waals surface area contributed by atoms with Crippen LogP contribution in [0.1, 0.15) is 32.2 Å². The third-order valence-electron chi connectivity index (χ3n) is 3.65. The van der Waals surface area contributed by atoms with E-state index in [1.54, 1.807) is 0 Å². The zero-order valence-electron chi connectivity index (χ0n) is 10.7. The molecule has 0 aromatic carbocycles. The van der Waals surface area contributed by atoms with Gasteiger partial charge in [-0.2, -0.15) is 0 Å². The van der Waals surface area contributed by atoms with E-state index in [0.29, 0.717) is 11.2 Å². The lowest BCUT2D eigenvalue weighted by molar-refractivity contribution is 0.0727. The third-order valence-corrected chi connectivity index (χ3v) is 4.49. The van der Waals surface area contributed by atoms with Crippen molar-refractivity contribution in [3.05, 3.63) is 5.01 Å². The summed E-state index contributed by atoms with van der Waals surface area (Å²) in [4.78, 5) is 2.50. The van der Waals surface area contributed by atoms with E-state index in [1.807, 2.05) is 0 Å². The van der Waals surface area contributed by atoms with Crippen LogP contribution < -0.4 is 11.3 Å². The van der Waals surface area contributed by atoms with E-state index >= 15 is 0 Å². The fraction of sp³-hybridized carbons (Fsp3) is 0.818. The Morgan fingerprint density at radius 3 is 2.82 bits per heavy atom. The molecule has 96 valence electrons. The van der Waals surface area contributed by atoms with Crippen LogP contribution in [0.4, 0.5) is 5.13 Å². The molecule has 5 nitrogen and oxygen atoms in total. The summed E-state index contributed by atoms with van der Waals surface area (Å²) in [6.07, 6.45) is 1.32. The van der Waals surface area contributed by atoms with Crippen molar-refractivity contribution in [2.45, 2.75) is 39.8 Å². The first-order chi connectivity index (χ1) is 8.10. The van der Waals surface area contributed by atoms with Crippen molar-refractivity contribution in [3.8, 4) is 0 Å². The second-order valence-corrected chi connectivity index (χ2v) is 6.20. The van der Waals surface area contributed by atoms with E-state index in [2.05, 4.69) is 41.3 Å². The van der Waals surface area contributed by atoms with E-state index in [0.717, 1.165) is 29.9 Å². The summed E-state index contributed by atoms with van der Waals surface area (Å²) in [5.41, 5.74) is 2.54. The van der Waals surface area contributed by atoms with Crippen molar-refractivity contribution in [3.63, 3.8) is 0 Å². The molecule has 6 heteroatoms. The lowest BCUT2D eigenvalue weighted by atomic mass is 9.86. The average molecular weight is 255 g/mol. The molecule has 3 unspecified atom stereocenters. The molecule has 0 saturated carbocycles. The fourth-order valence-electron chi connectivity index (χ4n) is 2.59. The smallest absolute Gasteiger partial charge is 0.219 e. The second-order valence-electron chi connectivity index (χ2n) is 5.13. The molecule has 0 spiro atoms. The highest BCUT2D eigenvalue weighted by molar-refractivity contribution is 7.15. The van der Waals surface area contributed by atoms with Crippen LogP contribution in [0.5, 0.6) is 0 Å². The molecule has 1 aromatic heterocycles. The number of nitrogen functional groups attached to an aromatic ring is 1. The van der Waals surface area contributed by atoms with Crippen LogP contribution in [0.15, 0.2) is 0 Å². The van der Waals surface area contributed by atoms with Crippen LogP contribution in [-0.2, 0) is 6.54 Å². The van der Waals surface area contributed by atoms with E-state index in [1.165, 1.54) is 17.8 Å². The predicted molar refractivity (Wildman–Crippen MR) is 70.5 cm³/mol. The molecule has 2 rings (SSSR count). The maximum Gasteiger partial charge on any atom is 0.219 e. The van der Waals surface area contributed by atoms with Gasteiger partial charge in [0.2, 0.25) is 5.13 Å². The largest absolute Gasteiger partial charge is 0.298 e. The van der Waals surface area contributed by atoms with E-state index < -0.39 is 0 Å².